The molecule has 0 unspecified atom stereocenters. The molecule has 0 radical (unpaired) electrons. The molecule has 0 N–H and O–H groups in total. The average Bonchev–Trinajstić information content (AvgIpc) is 3.73. The molecule has 9 rings (SSSR count). The third-order valence-electron chi connectivity index (χ3n) is 9.50. The van der Waals surface area contributed by atoms with Crippen molar-refractivity contribution in [3.63, 3.8) is 0 Å². The van der Waals surface area contributed by atoms with E-state index in [0.29, 0.717) is 0 Å². The predicted octanol–water partition coefficient (Wildman–Crippen LogP) is 11.4. The average molecular weight is 617 g/mol. The number of fused-ring (bicyclic) bond motifs is 5. The number of hydrogen-bond acceptors (Lipinski definition) is 2. The topological polar surface area (TPSA) is 35.1 Å². The summed E-state index contributed by atoms with van der Waals surface area (Å²) >= 11 is 0. The van der Waals surface area contributed by atoms with Gasteiger partial charge in [0.1, 0.15) is 11.5 Å². The number of rotatable bonds is 5. The predicted molar refractivity (Wildman–Crippen MR) is 200 cm³/mol. The summed E-state index contributed by atoms with van der Waals surface area (Å²) in [5.74, 6) is 0.927. The summed E-state index contributed by atoms with van der Waals surface area (Å²) < 4.78 is 4.53. The van der Waals surface area contributed by atoms with Crippen LogP contribution in [0.1, 0.15) is 19.4 Å². The first-order valence-corrected chi connectivity index (χ1v) is 16.4. The zero-order valence-electron chi connectivity index (χ0n) is 26.8. The summed E-state index contributed by atoms with van der Waals surface area (Å²) in [6, 6.07) is 51.3. The van der Waals surface area contributed by atoms with Crippen LogP contribution in [0.5, 0.6) is 0 Å². The lowest BCUT2D eigenvalue weighted by Gasteiger charge is -2.15. The van der Waals surface area contributed by atoms with Gasteiger partial charge >= 0.3 is 0 Å². The molecule has 3 aromatic heterocycles. The van der Waals surface area contributed by atoms with Crippen LogP contribution in [0.3, 0.4) is 0 Å². The molecule has 0 atom stereocenters. The van der Waals surface area contributed by atoms with Crippen molar-refractivity contribution >= 4 is 44.1 Å². The monoisotopic (exact) mass is 616 g/mol. The van der Waals surface area contributed by atoms with Crippen LogP contribution in [0, 0.1) is 0 Å². The Morgan fingerprint density at radius 2 is 1.23 bits per heavy atom. The molecule has 0 bridgehead atoms. The van der Waals surface area contributed by atoms with Gasteiger partial charge in [-0.15, -0.1) is 0 Å². The molecule has 0 fully saturated rings. The van der Waals surface area contributed by atoms with E-state index in [4.69, 9.17) is 9.97 Å². The van der Waals surface area contributed by atoms with E-state index in [2.05, 4.69) is 169 Å². The maximum atomic E-state index is 5.28. The van der Waals surface area contributed by atoms with Gasteiger partial charge in [0, 0.05) is 28.6 Å². The van der Waals surface area contributed by atoms with Crippen LogP contribution < -0.4 is 0 Å². The molecule has 0 spiro atoms. The van der Waals surface area contributed by atoms with Gasteiger partial charge in [0.05, 0.1) is 22.1 Å². The van der Waals surface area contributed by atoms with E-state index in [9.17, 15) is 0 Å². The third kappa shape index (κ3) is 4.38. The molecule has 4 heteroatoms. The molecule has 228 valence electrons. The number of imidazole rings is 2. The van der Waals surface area contributed by atoms with Crippen molar-refractivity contribution < 1.29 is 0 Å². The zero-order valence-corrected chi connectivity index (χ0v) is 26.8. The largest absolute Gasteiger partial charge is 0.298 e. The highest BCUT2D eigenvalue weighted by Gasteiger charge is 2.21. The number of hydrogen-bond donors (Lipinski definition) is 0. The fourth-order valence-corrected chi connectivity index (χ4v) is 7.11. The lowest BCUT2D eigenvalue weighted by atomic mass is 9.90. The first-order chi connectivity index (χ1) is 23.7. The minimum atomic E-state index is 0.927. The quantitative estimate of drug-likeness (QED) is 0.193. The van der Waals surface area contributed by atoms with Crippen LogP contribution in [-0.4, -0.2) is 18.9 Å². The van der Waals surface area contributed by atoms with Gasteiger partial charge in [-0.1, -0.05) is 115 Å². The van der Waals surface area contributed by atoms with Gasteiger partial charge in [-0.25, -0.2) is 9.97 Å². The van der Waals surface area contributed by atoms with Gasteiger partial charge in [0.15, 0.2) is 0 Å². The van der Waals surface area contributed by atoms with Gasteiger partial charge in [-0.05, 0) is 83.3 Å². The summed E-state index contributed by atoms with van der Waals surface area (Å²) in [7, 11) is 0. The van der Waals surface area contributed by atoms with Crippen molar-refractivity contribution in [1.29, 1.82) is 0 Å². The number of pyridine rings is 1. The van der Waals surface area contributed by atoms with Gasteiger partial charge in [0.2, 0.25) is 0 Å². The van der Waals surface area contributed by atoms with Crippen molar-refractivity contribution in [3.8, 4) is 39.3 Å². The Hall–Kier alpha value is -6.26. The second-order valence-electron chi connectivity index (χ2n) is 12.3. The Morgan fingerprint density at radius 1 is 0.583 bits per heavy atom. The molecular weight excluding hydrogens is 585 g/mol. The van der Waals surface area contributed by atoms with Crippen LogP contribution in [0.2, 0.25) is 0 Å². The van der Waals surface area contributed by atoms with Gasteiger partial charge in [0.25, 0.3) is 0 Å². The maximum Gasteiger partial charge on any atom is 0.145 e. The summed E-state index contributed by atoms with van der Waals surface area (Å²) in [6.07, 6.45) is 4.43. The van der Waals surface area contributed by atoms with Gasteiger partial charge < -0.3 is 0 Å². The molecule has 0 aliphatic carbocycles. The minimum absolute atomic E-state index is 0.927. The first kappa shape index (κ1) is 28.0. The van der Waals surface area contributed by atoms with E-state index >= 15 is 0 Å². The summed E-state index contributed by atoms with van der Waals surface area (Å²) in [5.41, 5.74) is 14.4. The number of para-hydroxylation sites is 3. The van der Waals surface area contributed by atoms with Crippen molar-refractivity contribution in [3.05, 3.63) is 163 Å². The molecule has 0 aliphatic rings. The highest BCUT2D eigenvalue weighted by Crippen LogP contribution is 2.42. The maximum absolute atomic E-state index is 5.28. The molecule has 0 saturated carbocycles. The molecular formula is C44H32N4. The summed E-state index contributed by atoms with van der Waals surface area (Å²) in [5, 5.41) is 2.45. The Kier molecular flexibility index (Phi) is 6.54. The van der Waals surface area contributed by atoms with E-state index in [-0.39, 0.29) is 0 Å². The van der Waals surface area contributed by atoms with E-state index in [1.807, 2.05) is 12.1 Å². The third-order valence-corrected chi connectivity index (χ3v) is 9.50. The molecule has 9 aromatic rings. The standard InChI is InChI=1S/C44H32N4/c1-3-29(2)40-35-18-10-11-19-36(35)41(31-14-6-4-7-15-31)43-42(40)46-39-27-26-33(28-47(39)43)30-22-24-32(25-23-30)44-45-37-20-12-13-21-38(37)48(44)34-16-8-5-9-17-34/h3-28H,1-2H3/b29-3+. The molecule has 0 amide bonds. The van der Waals surface area contributed by atoms with Crippen LogP contribution >= 0.6 is 0 Å². The normalized spacial score (nSPS) is 12.1. The smallest absolute Gasteiger partial charge is 0.145 e. The van der Waals surface area contributed by atoms with Gasteiger partial charge in [-0.2, -0.15) is 0 Å². The second kappa shape index (κ2) is 11.2. The minimum Gasteiger partial charge on any atom is -0.298 e. The lowest BCUT2D eigenvalue weighted by molar-refractivity contribution is 1.10. The highest BCUT2D eigenvalue weighted by atomic mass is 15.1. The molecule has 0 aliphatic heterocycles. The van der Waals surface area contributed by atoms with Crippen molar-refractivity contribution in [2.75, 3.05) is 0 Å². The SMILES string of the molecule is C/C=C(\C)c1c2ccccc2c(-c2ccccc2)c2c1nc1ccc(-c3ccc(-c4nc5ccccc5n4-c4ccccc4)cc3)cn12. The second-order valence-corrected chi connectivity index (χ2v) is 12.3. The lowest BCUT2D eigenvalue weighted by Crippen LogP contribution is -1.97. The molecule has 3 heterocycles. The molecule has 6 aromatic carbocycles. The molecule has 0 saturated heterocycles. The van der Waals surface area contributed by atoms with Crippen LogP contribution in [0.25, 0.3) is 83.4 Å². The Morgan fingerprint density at radius 3 is 2.00 bits per heavy atom. The van der Waals surface area contributed by atoms with Crippen molar-refractivity contribution in [1.82, 2.24) is 18.9 Å². The Bertz CT molecular complexity index is 2660. The Labute approximate surface area is 278 Å². The summed E-state index contributed by atoms with van der Waals surface area (Å²) in [6.45, 7) is 4.29. The molecule has 4 nitrogen and oxygen atoms in total. The first-order valence-electron chi connectivity index (χ1n) is 16.4. The number of allylic oxidation sites excluding steroid dienone is 2. The Balaban J connectivity index is 1.24. The number of aromatic nitrogens is 4. The molecule has 48 heavy (non-hydrogen) atoms. The number of nitrogens with zero attached hydrogens (tertiary/aromatic N) is 4. The van der Waals surface area contributed by atoms with Gasteiger partial charge in [-0.3, -0.25) is 8.97 Å². The van der Waals surface area contributed by atoms with E-state index in [0.717, 1.165) is 55.9 Å². The van der Waals surface area contributed by atoms with Crippen LogP contribution in [0.4, 0.5) is 0 Å². The summed E-state index contributed by atoms with van der Waals surface area (Å²) in [4.78, 5) is 10.3. The highest BCUT2D eigenvalue weighted by molar-refractivity contribution is 6.17. The van der Waals surface area contributed by atoms with E-state index in [1.165, 1.54) is 33.0 Å². The van der Waals surface area contributed by atoms with Crippen molar-refractivity contribution in [2.45, 2.75) is 13.8 Å². The zero-order chi connectivity index (χ0) is 32.2. The van der Waals surface area contributed by atoms with Crippen LogP contribution in [-0.2, 0) is 0 Å². The van der Waals surface area contributed by atoms with E-state index < -0.39 is 0 Å². The fourth-order valence-electron chi connectivity index (χ4n) is 7.11. The van der Waals surface area contributed by atoms with E-state index in [1.54, 1.807) is 0 Å². The van der Waals surface area contributed by atoms with Crippen LogP contribution in [0.15, 0.2) is 158 Å². The van der Waals surface area contributed by atoms with Crippen molar-refractivity contribution in [2.24, 2.45) is 0 Å². The fraction of sp³-hybridized carbons (Fsp3) is 0.0455. The number of benzene rings is 6.